The first-order valence-electron chi connectivity index (χ1n) is 3.05. The third-order valence-corrected chi connectivity index (χ3v) is 2.51. The first-order valence-corrected chi connectivity index (χ1v) is 4.26. The van der Waals surface area contributed by atoms with Crippen molar-refractivity contribution in [2.75, 3.05) is 0 Å². The summed E-state index contributed by atoms with van der Waals surface area (Å²) >= 11 is 0. The maximum Gasteiger partial charge on any atom is 0.116 e. The van der Waals surface area contributed by atoms with Gasteiger partial charge in [-0.15, -0.1) is 0 Å². The van der Waals surface area contributed by atoms with Crippen LogP contribution in [-0.2, 0) is 10.8 Å². The van der Waals surface area contributed by atoms with Gasteiger partial charge in [-0.05, 0) is 18.2 Å². The van der Waals surface area contributed by atoms with E-state index in [1.165, 1.54) is 17.7 Å². The lowest BCUT2D eigenvalue weighted by atomic mass is 10.3. The number of phenols is 1. The molecule has 56 valence electrons. The molecule has 11 heavy (non-hydrogen) atoms. The summed E-state index contributed by atoms with van der Waals surface area (Å²) in [6, 6.07) is 4.64. The Bertz CT molecular complexity index is 359. The lowest BCUT2D eigenvalue weighted by molar-refractivity contribution is 0.474. The van der Waals surface area contributed by atoms with E-state index in [-0.39, 0.29) is 5.75 Å². The molecular formula is C7H5NO2S. The summed E-state index contributed by atoms with van der Waals surface area (Å²) in [6.45, 7) is 0. The van der Waals surface area contributed by atoms with Gasteiger partial charge in [-0.1, -0.05) is 0 Å². The molecule has 0 aromatic heterocycles. The van der Waals surface area contributed by atoms with E-state index in [1.807, 2.05) is 0 Å². The maximum absolute atomic E-state index is 11.1. The van der Waals surface area contributed by atoms with Gasteiger partial charge in [-0.2, -0.15) is 0 Å². The van der Waals surface area contributed by atoms with E-state index in [2.05, 4.69) is 4.99 Å². The summed E-state index contributed by atoms with van der Waals surface area (Å²) in [5.74, 6) is 0.127. The minimum Gasteiger partial charge on any atom is -0.508 e. The molecule has 4 heteroatoms. The molecule has 3 nitrogen and oxygen atoms in total. The van der Waals surface area contributed by atoms with Gasteiger partial charge in [-0.25, -0.2) is 9.20 Å². The Morgan fingerprint density at radius 3 is 3.09 bits per heavy atom. The van der Waals surface area contributed by atoms with E-state index in [1.54, 1.807) is 6.07 Å². The molecule has 2 rings (SSSR count). The average Bonchev–Trinajstić information content (AvgIpc) is 2.33. The smallest absolute Gasteiger partial charge is 0.116 e. The minimum atomic E-state index is -1.16. The fraction of sp³-hybridized carbons (Fsp3) is 0. The Morgan fingerprint density at radius 1 is 1.45 bits per heavy atom. The summed E-state index contributed by atoms with van der Waals surface area (Å²) in [5, 5.41) is 9.02. The molecule has 1 N–H and O–H groups in total. The van der Waals surface area contributed by atoms with Crippen LogP contribution in [0, 0.1) is 0 Å². The van der Waals surface area contributed by atoms with Gasteiger partial charge in [-0.3, -0.25) is 0 Å². The second-order valence-electron chi connectivity index (χ2n) is 2.18. The Morgan fingerprint density at radius 2 is 2.27 bits per heavy atom. The number of rotatable bonds is 0. The zero-order chi connectivity index (χ0) is 7.84. The first kappa shape index (κ1) is 6.54. The molecule has 1 aromatic rings. The highest BCUT2D eigenvalue weighted by atomic mass is 32.2. The summed E-state index contributed by atoms with van der Waals surface area (Å²) in [7, 11) is -1.16. The maximum atomic E-state index is 11.1. The van der Waals surface area contributed by atoms with Gasteiger partial charge < -0.3 is 5.11 Å². The third-order valence-electron chi connectivity index (χ3n) is 1.45. The van der Waals surface area contributed by atoms with Gasteiger partial charge in [0.2, 0.25) is 0 Å². The highest BCUT2D eigenvalue weighted by molar-refractivity contribution is 7.99. The van der Waals surface area contributed by atoms with Crippen LogP contribution in [0.1, 0.15) is 0 Å². The fourth-order valence-corrected chi connectivity index (χ4v) is 1.82. The summed E-state index contributed by atoms with van der Waals surface area (Å²) in [4.78, 5) is 4.47. The topological polar surface area (TPSA) is 49.7 Å². The molecule has 0 radical (unpaired) electrons. The van der Waals surface area contributed by atoms with Gasteiger partial charge in [0, 0.05) is 0 Å². The largest absolute Gasteiger partial charge is 0.508 e. The van der Waals surface area contributed by atoms with Crippen molar-refractivity contribution in [1.82, 2.24) is 0 Å². The molecule has 0 saturated heterocycles. The zero-order valence-corrected chi connectivity index (χ0v) is 6.34. The predicted molar refractivity (Wildman–Crippen MR) is 42.7 cm³/mol. The molecule has 0 bridgehead atoms. The molecule has 0 amide bonds. The molecule has 1 unspecified atom stereocenters. The SMILES string of the molecule is O=S1C=Nc2ccc(O)cc21. The number of nitrogens with zero attached hydrogens (tertiary/aromatic N) is 1. The van der Waals surface area contributed by atoms with Crippen molar-refractivity contribution in [2.45, 2.75) is 4.90 Å². The third kappa shape index (κ3) is 0.952. The number of hydrogen-bond donors (Lipinski definition) is 1. The van der Waals surface area contributed by atoms with E-state index in [4.69, 9.17) is 5.11 Å². The molecule has 0 aliphatic carbocycles. The second-order valence-corrected chi connectivity index (χ2v) is 3.43. The minimum absolute atomic E-state index is 0.127. The number of phenolic OH excluding ortho intramolecular Hbond substituents is 1. The van der Waals surface area contributed by atoms with E-state index < -0.39 is 10.8 Å². The van der Waals surface area contributed by atoms with Crippen LogP contribution in [0.15, 0.2) is 28.1 Å². The molecule has 0 spiro atoms. The standard InChI is InChI=1S/C7H5NO2S/c9-5-1-2-6-7(3-5)11(10)4-8-6/h1-4,9H. The van der Waals surface area contributed by atoms with Crippen molar-refractivity contribution in [3.05, 3.63) is 18.2 Å². The lowest BCUT2D eigenvalue weighted by Crippen LogP contribution is -1.83. The summed E-state index contributed by atoms with van der Waals surface area (Å²) < 4.78 is 11.1. The molecule has 1 aliphatic rings. The number of fused-ring (bicyclic) bond motifs is 1. The van der Waals surface area contributed by atoms with Crippen molar-refractivity contribution in [1.29, 1.82) is 0 Å². The Hall–Kier alpha value is -1.16. The van der Waals surface area contributed by atoms with E-state index in [9.17, 15) is 4.21 Å². The highest BCUT2D eigenvalue weighted by Crippen LogP contribution is 2.30. The van der Waals surface area contributed by atoms with Crippen LogP contribution in [0.25, 0.3) is 0 Å². The van der Waals surface area contributed by atoms with Crippen LogP contribution in [0.2, 0.25) is 0 Å². The average molecular weight is 167 g/mol. The molecule has 0 saturated carbocycles. The lowest BCUT2D eigenvalue weighted by Gasteiger charge is -1.94. The molecule has 1 aromatic carbocycles. The Labute approximate surface area is 65.9 Å². The van der Waals surface area contributed by atoms with Gasteiger partial charge in [0.05, 0.1) is 26.9 Å². The van der Waals surface area contributed by atoms with Crippen LogP contribution in [0.5, 0.6) is 5.75 Å². The normalized spacial score (nSPS) is 20.2. The van der Waals surface area contributed by atoms with Gasteiger partial charge in [0.25, 0.3) is 0 Å². The van der Waals surface area contributed by atoms with Crippen molar-refractivity contribution < 1.29 is 9.32 Å². The van der Waals surface area contributed by atoms with Crippen molar-refractivity contribution in [3.8, 4) is 5.75 Å². The zero-order valence-electron chi connectivity index (χ0n) is 5.52. The van der Waals surface area contributed by atoms with Gasteiger partial charge >= 0.3 is 0 Å². The molecule has 1 atom stereocenters. The van der Waals surface area contributed by atoms with E-state index in [0.29, 0.717) is 10.6 Å². The molecular weight excluding hydrogens is 162 g/mol. The van der Waals surface area contributed by atoms with Crippen molar-refractivity contribution in [2.24, 2.45) is 4.99 Å². The van der Waals surface area contributed by atoms with E-state index in [0.717, 1.165) is 0 Å². The number of benzene rings is 1. The first-order chi connectivity index (χ1) is 5.27. The van der Waals surface area contributed by atoms with Crippen LogP contribution >= 0.6 is 0 Å². The fourth-order valence-electron chi connectivity index (χ4n) is 0.932. The Balaban J connectivity index is 2.67. The van der Waals surface area contributed by atoms with Crippen molar-refractivity contribution >= 4 is 22.0 Å². The molecule has 1 heterocycles. The van der Waals surface area contributed by atoms with Crippen LogP contribution in [-0.4, -0.2) is 14.9 Å². The highest BCUT2D eigenvalue weighted by Gasteiger charge is 2.13. The predicted octanol–water partition coefficient (Wildman–Crippen LogP) is 1.17. The Kier molecular flexibility index (Phi) is 1.29. The van der Waals surface area contributed by atoms with Crippen molar-refractivity contribution in [3.63, 3.8) is 0 Å². The molecule has 1 aliphatic heterocycles. The number of aliphatic imine (C=N–C) groups is 1. The summed E-state index contributed by atoms with van der Waals surface area (Å²) in [5.41, 5.74) is 2.05. The second kappa shape index (κ2) is 2.17. The monoisotopic (exact) mass is 167 g/mol. The van der Waals surface area contributed by atoms with Crippen LogP contribution in [0.4, 0.5) is 5.69 Å². The number of aromatic hydroxyl groups is 1. The van der Waals surface area contributed by atoms with E-state index >= 15 is 0 Å². The number of hydrogen-bond acceptors (Lipinski definition) is 3. The summed E-state index contributed by atoms with van der Waals surface area (Å²) in [6.07, 6.45) is 0. The van der Waals surface area contributed by atoms with Gasteiger partial charge in [0.15, 0.2) is 0 Å². The van der Waals surface area contributed by atoms with Crippen LogP contribution in [0.3, 0.4) is 0 Å². The van der Waals surface area contributed by atoms with Gasteiger partial charge in [0.1, 0.15) is 5.75 Å². The molecule has 0 fully saturated rings. The van der Waals surface area contributed by atoms with Crippen LogP contribution < -0.4 is 0 Å². The quantitative estimate of drug-likeness (QED) is 0.630.